The first-order valence-corrected chi connectivity index (χ1v) is 9.11. The minimum atomic E-state index is -0.420. The number of aryl methyl sites for hydroxylation is 2. The smallest absolute Gasteiger partial charge is 0.348 e. The van der Waals surface area contributed by atoms with E-state index < -0.39 is 5.97 Å². The maximum absolute atomic E-state index is 12.1. The van der Waals surface area contributed by atoms with Crippen molar-refractivity contribution < 1.29 is 14.3 Å². The minimum Gasteiger partial charge on any atom is -0.451 e. The van der Waals surface area contributed by atoms with Gasteiger partial charge in [0.2, 0.25) is 0 Å². The molecule has 0 spiro atoms. The summed E-state index contributed by atoms with van der Waals surface area (Å²) in [6.45, 7) is 0.107. The quantitative estimate of drug-likeness (QED) is 0.823. The van der Waals surface area contributed by atoms with Crippen LogP contribution in [0.15, 0.2) is 30.3 Å². The van der Waals surface area contributed by atoms with Crippen molar-refractivity contribution in [2.24, 2.45) is 0 Å². The Hall–Kier alpha value is -1.85. The van der Waals surface area contributed by atoms with Crippen LogP contribution in [0, 0.1) is 0 Å². The van der Waals surface area contributed by atoms with Gasteiger partial charge in [-0.2, -0.15) is 0 Å². The monoisotopic (exact) mass is 363 g/mol. The van der Waals surface area contributed by atoms with Gasteiger partial charge in [0.25, 0.3) is 5.91 Å². The van der Waals surface area contributed by atoms with Gasteiger partial charge in [-0.3, -0.25) is 4.79 Å². The lowest BCUT2D eigenvalue weighted by atomic mass is 9.99. The number of rotatable bonds is 5. The largest absolute Gasteiger partial charge is 0.451 e. The van der Waals surface area contributed by atoms with E-state index in [1.54, 1.807) is 12.1 Å². The van der Waals surface area contributed by atoms with Crippen LogP contribution in [0.2, 0.25) is 5.02 Å². The number of hydrogen-bond acceptors (Lipinski definition) is 4. The second kappa shape index (κ2) is 7.81. The van der Waals surface area contributed by atoms with Crippen molar-refractivity contribution in [2.45, 2.75) is 32.2 Å². The fourth-order valence-corrected chi connectivity index (χ4v) is 3.92. The molecular weight excluding hydrogens is 346 g/mol. The van der Waals surface area contributed by atoms with Crippen LogP contribution in [0.4, 0.5) is 0 Å². The van der Waals surface area contributed by atoms with E-state index in [4.69, 9.17) is 16.3 Å². The first-order chi connectivity index (χ1) is 11.6. The summed E-state index contributed by atoms with van der Waals surface area (Å²) in [4.78, 5) is 25.7. The molecule has 1 aliphatic carbocycles. The molecule has 0 saturated heterocycles. The molecule has 1 aliphatic rings. The highest BCUT2D eigenvalue weighted by Crippen LogP contribution is 2.29. The third-order valence-electron chi connectivity index (χ3n) is 3.94. The molecule has 0 fully saturated rings. The molecule has 0 saturated carbocycles. The summed E-state index contributed by atoms with van der Waals surface area (Å²) < 4.78 is 5.11. The molecule has 1 aromatic heterocycles. The highest BCUT2D eigenvalue weighted by Gasteiger charge is 2.18. The van der Waals surface area contributed by atoms with E-state index in [2.05, 4.69) is 5.32 Å². The Morgan fingerprint density at radius 1 is 1.17 bits per heavy atom. The highest BCUT2D eigenvalue weighted by molar-refractivity contribution is 7.14. The number of esters is 1. The second-order valence-corrected chi connectivity index (χ2v) is 7.32. The van der Waals surface area contributed by atoms with Crippen LogP contribution in [0.1, 0.15) is 38.5 Å². The van der Waals surface area contributed by atoms with Crippen LogP contribution in [0.5, 0.6) is 0 Å². The number of thiophene rings is 1. The van der Waals surface area contributed by atoms with Gasteiger partial charge in [0.05, 0.1) is 0 Å². The van der Waals surface area contributed by atoms with Crippen molar-refractivity contribution in [1.29, 1.82) is 0 Å². The molecule has 0 radical (unpaired) electrons. The second-order valence-electron chi connectivity index (χ2n) is 5.75. The Morgan fingerprint density at radius 2 is 1.92 bits per heavy atom. The normalized spacial score (nSPS) is 13.2. The van der Waals surface area contributed by atoms with E-state index >= 15 is 0 Å². The van der Waals surface area contributed by atoms with E-state index in [9.17, 15) is 9.59 Å². The van der Waals surface area contributed by atoms with Crippen molar-refractivity contribution >= 4 is 34.8 Å². The summed E-state index contributed by atoms with van der Waals surface area (Å²) in [5.74, 6) is -0.740. The van der Waals surface area contributed by atoms with Gasteiger partial charge < -0.3 is 10.1 Å². The minimum absolute atomic E-state index is 0.269. The topological polar surface area (TPSA) is 55.4 Å². The highest BCUT2D eigenvalue weighted by atomic mass is 35.5. The predicted octanol–water partition coefficient (Wildman–Crippen LogP) is 3.75. The van der Waals surface area contributed by atoms with Gasteiger partial charge >= 0.3 is 5.97 Å². The van der Waals surface area contributed by atoms with Gasteiger partial charge in [-0.1, -0.05) is 23.7 Å². The molecule has 4 nitrogen and oxygen atoms in total. The van der Waals surface area contributed by atoms with E-state index in [-0.39, 0.29) is 12.5 Å². The maximum atomic E-state index is 12.1. The summed E-state index contributed by atoms with van der Waals surface area (Å²) in [6.07, 6.45) is 4.41. The number of halogens is 1. The number of nitrogens with one attached hydrogen (secondary N) is 1. The van der Waals surface area contributed by atoms with Gasteiger partial charge in [-0.15, -0.1) is 11.3 Å². The zero-order valence-electron chi connectivity index (χ0n) is 13.1. The molecular formula is C18H18ClNO3S. The first-order valence-electron chi connectivity index (χ1n) is 7.91. The van der Waals surface area contributed by atoms with Crippen LogP contribution < -0.4 is 5.32 Å². The molecule has 126 valence electrons. The number of hydrogen-bond donors (Lipinski definition) is 1. The van der Waals surface area contributed by atoms with Crippen LogP contribution in [0.3, 0.4) is 0 Å². The fourth-order valence-electron chi connectivity index (χ4n) is 2.65. The summed E-state index contributed by atoms with van der Waals surface area (Å²) in [6, 6.07) is 9.12. The fraction of sp³-hybridized carbons (Fsp3) is 0.333. The summed E-state index contributed by atoms with van der Waals surface area (Å²) >= 11 is 7.30. The Morgan fingerprint density at radius 3 is 2.67 bits per heavy atom. The van der Waals surface area contributed by atoms with Crippen molar-refractivity contribution in [3.63, 3.8) is 0 Å². The molecule has 1 N–H and O–H groups in total. The molecule has 1 aromatic carbocycles. The molecule has 0 bridgehead atoms. The van der Waals surface area contributed by atoms with E-state index in [0.717, 1.165) is 18.4 Å². The zero-order valence-corrected chi connectivity index (χ0v) is 14.7. The Labute approximate surface area is 149 Å². The summed E-state index contributed by atoms with van der Waals surface area (Å²) in [5.41, 5.74) is 2.19. The van der Waals surface area contributed by atoms with Gasteiger partial charge in [0.1, 0.15) is 4.88 Å². The molecule has 1 heterocycles. The third kappa shape index (κ3) is 4.36. The van der Waals surface area contributed by atoms with E-state index in [1.165, 1.54) is 34.6 Å². The molecule has 2 aromatic rings. The molecule has 24 heavy (non-hydrogen) atoms. The van der Waals surface area contributed by atoms with Crippen molar-refractivity contribution in [1.82, 2.24) is 5.32 Å². The van der Waals surface area contributed by atoms with Crippen LogP contribution in [-0.2, 0) is 28.9 Å². The lowest BCUT2D eigenvalue weighted by molar-refractivity contribution is -0.124. The third-order valence-corrected chi connectivity index (χ3v) is 5.40. The molecule has 0 unspecified atom stereocenters. The standard InChI is InChI=1S/C18H18ClNO3S/c19-14-7-5-12(6-8-14)10-20-17(21)11-23-18(22)16-9-13-3-1-2-4-15(13)24-16/h5-9H,1-4,10-11H2,(H,20,21). The summed E-state index contributed by atoms with van der Waals surface area (Å²) in [7, 11) is 0. The lowest BCUT2D eigenvalue weighted by Gasteiger charge is -2.08. The summed E-state index contributed by atoms with van der Waals surface area (Å²) in [5, 5.41) is 3.37. The van der Waals surface area contributed by atoms with E-state index in [1.807, 2.05) is 18.2 Å². The van der Waals surface area contributed by atoms with Gasteiger partial charge in [-0.05, 0) is 55.0 Å². The van der Waals surface area contributed by atoms with Crippen LogP contribution >= 0.6 is 22.9 Å². The predicted molar refractivity (Wildman–Crippen MR) is 94.5 cm³/mol. The van der Waals surface area contributed by atoms with Gasteiger partial charge in [0, 0.05) is 16.4 Å². The first kappa shape index (κ1) is 17.0. The molecule has 1 amide bonds. The van der Waals surface area contributed by atoms with Gasteiger partial charge in [-0.25, -0.2) is 4.79 Å². The van der Waals surface area contributed by atoms with E-state index in [0.29, 0.717) is 16.4 Å². The Kier molecular flexibility index (Phi) is 5.53. The SMILES string of the molecule is O=C(COC(=O)c1cc2c(s1)CCCC2)NCc1ccc(Cl)cc1. The molecule has 0 atom stereocenters. The Bertz CT molecular complexity index is 716. The van der Waals surface area contributed by atoms with Crippen LogP contribution in [0.25, 0.3) is 0 Å². The number of fused-ring (bicyclic) bond motifs is 1. The van der Waals surface area contributed by atoms with Gasteiger partial charge in [0.15, 0.2) is 6.61 Å². The number of amides is 1. The molecule has 0 aliphatic heterocycles. The number of ether oxygens (including phenoxy) is 1. The number of carbonyl (C=O) groups is 2. The van der Waals surface area contributed by atoms with Crippen molar-refractivity contribution in [2.75, 3.05) is 6.61 Å². The van der Waals surface area contributed by atoms with Crippen LogP contribution in [-0.4, -0.2) is 18.5 Å². The number of carbonyl (C=O) groups excluding carboxylic acids is 2. The van der Waals surface area contributed by atoms with Crippen molar-refractivity contribution in [3.05, 3.63) is 56.2 Å². The molecule has 6 heteroatoms. The zero-order chi connectivity index (χ0) is 16.9. The average Bonchev–Trinajstić information content (AvgIpc) is 3.03. The average molecular weight is 364 g/mol. The lowest BCUT2D eigenvalue weighted by Crippen LogP contribution is -2.28. The number of benzene rings is 1. The Balaban J connectivity index is 1.46. The maximum Gasteiger partial charge on any atom is 0.348 e. The molecule has 3 rings (SSSR count). The van der Waals surface area contributed by atoms with Crippen molar-refractivity contribution in [3.8, 4) is 0 Å².